The lowest BCUT2D eigenvalue weighted by Crippen LogP contribution is -2.49. The molecule has 1 unspecified atom stereocenters. The van der Waals surface area contributed by atoms with Gasteiger partial charge in [-0.05, 0) is 41.1 Å². The molecule has 0 N–H and O–H groups in total. The Morgan fingerprint density at radius 2 is 1.65 bits per heavy atom. The van der Waals surface area contributed by atoms with Gasteiger partial charge in [0.15, 0.2) is 0 Å². The monoisotopic (exact) mass is 364 g/mol. The maximum absolute atomic E-state index is 6.04. The van der Waals surface area contributed by atoms with Gasteiger partial charge in [0, 0.05) is 5.54 Å². The highest BCUT2D eigenvalue weighted by Crippen LogP contribution is 2.43. The van der Waals surface area contributed by atoms with Gasteiger partial charge >= 0.3 is 0 Å². The van der Waals surface area contributed by atoms with Gasteiger partial charge in [0.05, 0.1) is 15.2 Å². The first kappa shape index (κ1) is 19.0. The van der Waals surface area contributed by atoms with E-state index in [0.717, 1.165) is 5.75 Å². The molecule has 138 valence electrons. The van der Waals surface area contributed by atoms with Gasteiger partial charge in [0.1, 0.15) is 5.75 Å². The van der Waals surface area contributed by atoms with Crippen molar-refractivity contribution in [2.75, 3.05) is 7.11 Å². The number of hydrogen-bond donors (Lipinski definition) is 0. The van der Waals surface area contributed by atoms with Crippen molar-refractivity contribution in [3.63, 3.8) is 0 Å². The molecule has 0 saturated heterocycles. The van der Waals surface area contributed by atoms with Crippen LogP contribution >= 0.6 is 0 Å². The summed E-state index contributed by atoms with van der Waals surface area (Å²) in [6.45, 7) is 16.3. The number of rotatable bonds is 3. The first-order chi connectivity index (χ1) is 12.1. The molecule has 0 radical (unpaired) electrons. The summed E-state index contributed by atoms with van der Waals surface area (Å²) >= 11 is 0. The maximum Gasteiger partial charge on any atom is 0.121 e. The smallest absolute Gasteiger partial charge is 0.121 e. The van der Waals surface area contributed by atoms with Gasteiger partial charge in [-0.1, -0.05) is 87.5 Å². The van der Waals surface area contributed by atoms with E-state index in [9.17, 15) is 0 Å². The maximum atomic E-state index is 6.04. The van der Waals surface area contributed by atoms with Crippen LogP contribution in [0.4, 0.5) is 0 Å². The first-order valence-corrected chi connectivity index (χ1v) is 12.6. The molecule has 2 aromatic rings. The summed E-state index contributed by atoms with van der Waals surface area (Å²) in [6.07, 6.45) is 2.38. The molecule has 1 atom stereocenters. The van der Waals surface area contributed by atoms with Crippen molar-refractivity contribution < 1.29 is 4.74 Å². The molecule has 1 aliphatic rings. The minimum Gasteiger partial charge on any atom is -0.497 e. The molecular weight excluding hydrogens is 332 g/mol. The van der Waals surface area contributed by atoms with Crippen LogP contribution < -0.4 is 9.92 Å². The molecule has 26 heavy (non-hydrogen) atoms. The van der Waals surface area contributed by atoms with E-state index in [0.29, 0.717) is 5.54 Å². The van der Waals surface area contributed by atoms with E-state index >= 15 is 0 Å². The number of ether oxygens (including phenoxy) is 1. The molecule has 3 rings (SSSR count). The Labute approximate surface area is 160 Å². The Kier molecular flexibility index (Phi) is 4.68. The second kappa shape index (κ2) is 6.42. The summed E-state index contributed by atoms with van der Waals surface area (Å²) in [4.78, 5) is 0. The number of benzene rings is 2. The largest absolute Gasteiger partial charge is 0.497 e. The van der Waals surface area contributed by atoms with Gasteiger partial charge in [0.2, 0.25) is 0 Å². The summed E-state index contributed by atoms with van der Waals surface area (Å²) < 4.78 is 6.04. The third-order valence-corrected chi connectivity index (χ3v) is 9.78. The van der Waals surface area contributed by atoms with E-state index in [2.05, 4.69) is 90.2 Å². The lowest BCUT2D eigenvalue weighted by molar-refractivity contribution is 0.400. The van der Waals surface area contributed by atoms with Crippen molar-refractivity contribution in [3.8, 4) is 5.75 Å². The summed E-state index contributed by atoms with van der Waals surface area (Å²) in [5.41, 5.74) is 7.59. The van der Waals surface area contributed by atoms with E-state index < -0.39 is 8.07 Å². The van der Waals surface area contributed by atoms with Crippen LogP contribution in [0.5, 0.6) is 5.75 Å². The zero-order valence-corrected chi connectivity index (χ0v) is 18.5. The van der Waals surface area contributed by atoms with E-state index in [1.54, 1.807) is 0 Å². The van der Waals surface area contributed by atoms with E-state index in [-0.39, 0.29) is 5.41 Å². The van der Waals surface area contributed by atoms with Crippen LogP contribution in [0.3, 0.4) is 0 Å². The fraction of sp³-hybridized carbons (Fsp3) is 0.417. The molecule has 1 nitrogen and oxygen atoms in total. The third-order valence-electron chi connectivity index (χ3n) is 5.81. The van der Waals surface area contributed by atoms with Gasteiger partial charge in [-0.3, -0.25) is 0 Å². The Morgan fingerprint density at radius 1 is 1.00 bits per heavy atom. The van der Waals surface area contributed by atoms with Crippen molar-refractivity contribution in [1.29, 1.82) is 0 Å². The Morgan fingerprint density at radius 3 is 2.27 bits per heavy atom. The second-order valence-electron chi connectivity index (χ2n) is 9.32. The average molecular weight is 365 g/mol. The average Bonchev–Trinajstić information content (AvgIpc) is 2.89. The van der Waals surface area contributed by atoms with Gasteiger partial charge in [-0.15, -0.1) is 0 Å². The van der Waals surface area contributed by atoms with Crippen LogP contribution in [-0.4, -0.2) is 15.2 Å². The SMILES string of the molecule is COc1c(C(C)(C)C)cc(C)cc1[Si](C)(C)C1C(C)=Cc2ccccc21. The summed E-state index contributed by atoms with van der Waals surface area (Å²) in [7, 11) is -0.0286. The first-order valence-electron chi connectivity index (χ1n) is 9.54. The van der Waals surface area contributed by atoms with E-state index in [1.165, 1.54) is 33.0 Å². The Hall–Kier alpha value is -1.80. The lowest BCUT2D eigenvalue weighted by atomic mass is 9.85. The molecule has 2 aromatic carbocycles. The number of allylic oxidation sites excluding steroid dienone is 1. The van der Waals surface area contributed by atoms with Crippen LogP contribution in [0, 0.1) is 6.92 Å². The zero-order chi connectivity index (χ0) is 19.3. The molecule has 0 aliphatic heterocycles. The van der Waals surface area contributed by atoms with Gasteiger partial charge < -0.3 is 4.74 Å². The van der Waals surface area contributed by atoms with Crippen molar-refractivity contribution in [2.24, 2.45) is 0 Å². The van der Waals surface area contributed by atoms with Crippen LogP contribution in [0.1, 0.15) is 55.5 Å². The minimum atomic E-state index is -1.86. The molecule has 0 fully saturated rings. The molecule has 0 saturated carbocycles. The normalized spacial score (nSPS) is 17.1. The number of fused-ring (bicyclic) bond motifs is 1. The minimum absolute atomic E-state index is 0.0645. The molecule has 0 spiro atoms. The van der Waals surface area contributed by atoms with Crippen molar-refractivity contribution >= 4 is 19.3 Å². The number of aryl methyl sites for hydroxylation is 1. The third kappa shape index (κ3) is 3.05. The van der Waals surface area contributed by atoms with E-state index in [1.807, 2.05) is 7.11 Å². The second-order valence-corrected chi connectivity index (χ2v) is 13.9. The molecule has 0 aromatic heterocycles. The molecular formula is C24H32OSi. The van der Waals surface area contributed by atoms with Crippen molar-refractivity contribution in [2.45, 2.75) is 58.7 Å². The zero-order valence-electron chi connectivity index (χ0n) is 17.5. The molecule has 0 heterocycles. The molecule has 2 heteroatoms. The van der Waals surface area contributed by atoms with Crippen LogP contribution in [-0.2, 0) is 5.41 Å². The van der Waals surface area contributed by atoms with Gasteiger partial charge in [-0.25, -0.2) is 0 Å². The summed E-state index contributed by atoms with van der Waals surface area (Å²) in [6, 6.07) is 13.6. The highest BCUT2D eigenvalue weighted by molar-refractivity contribution is 6.92. The highest BCUT2D eigenvalue weighted by Gasteiger charge is 2.42. The van der Waals surface area contributed by atoms with Gasteiger partial charge in [-0.2, -0.15) is 0 Å². The molecule has 1 aliphatic carbocycles. The molecule has 0 amide bonds. The van der Waals surface area contributed by atoms with Crippen LogP contribution in [0.25, 0.3) is 6.08 Å². The van der Waals surface area contributed by atoms with Crippen LogP contribution in [0.15, 0.2) is 42.0 Å². The fourth-order valence-electron chi connectivity index (χ4n) is 4.62. The van der Waals surface area contributed by atoms with Crippen molar-refractivity contribution in [1.82, 2.24) is 0 Å². The summed E-state index contributed by atoms with van der Waals surface area (Å²) in [5.74, 6) is 1.11. The highest BCUT2D eigenvalue weighted by atomic mass is 28.3. The van der Waals surface area contributed by atoms with Crippen molar-refractivity contribution in [3.05, 3.63) is 64.2 Å². The standard InChI is InChI=1S/C24H32OSi/c1-16-13-20(24(3,4)5)22(25-6)21(14-16)26(7,8)23-17(2)15-18-11-9-10-12-19(18)23/h9-15,23H,1-8H3. The number of hydrogen-bond acceptors (Lipinski definition) is 1. The summed E-state index contributed by atoms with van der Waals surface area (Å²) in [5, 5.41) is 1.44. The number of methoxy groups -OCH3 is 1. The quantitative estimate of drug-likeness (QED) is 0.611. The van der Waals surface area contributed by atoms with Crippen LogP contribution in [0.2, 0.25) is 13.1 Å². The Bertz CT molecular complexity index is 868. The van der Waals surface area contributed by atoms with E-state index in [4.69, 9.17) is 4.74 Å². The topological polar surface area (TPSA) is 9.23 Å². The lowest BCUT2D eigenvalue weighted by Gasteiger charge is -2.36. The Balaban J connectivity index is 2.23. The predicted octanol–water partition coefficient (Wildman–Crippen LogP) is 5.96. The van der Waals surface area contributed by atoms with Gasteiger partial charge in [0.25, 0.3) is 0 Å². The molecule has 0 bridgehead atoms. The fourth-order valence-corrected chi connectivity index (χ4v) is 8.62. The predicted molar refractivity (Wildman–Crippen MR) is 116 cm³/mol.